The average Bonchev–Trinajstić information content (AvgIpc) is 2.24. The zero-order valence-electron chi connectivity index (χ0n) is 10.4. The second kappa shape index (κ2) is 5.40. The quantitative estimate of drug-likeness (QED) is 0.642. The molecule has 0 spiro atoms. The van der Waals surface area contributed by atoms with E-state index in [0.717, 1.165) is 0 Å². The molecule has 0 aliphatic rings. The molecule has 1 aromatic carbocycles. The van der Waals surface area contributed by atoms with Crippen LogP contribution in [0.5, 0.6) is 0 Å². The minimum Gasteiger partial charge on any atom is -0.456 e. The van der Waals surface area contributed by atoms with Crippen LogP contribution in [0, 0.1) is 12.3 Å². The molecule has 0 amide bonds. The number of nitrogens with one attached hydrogen (secondary N) is 1. The summed E-state index contributed by atoms with van der Waals surface area (Å²) in [5.74, 6) is 2.12. The predicted octanol–water partition coefficient (Wildman–Crippen LogP) is 2.69. The van der Waals surface area contributed by atoms with Gasteiger partial charge in [-0.1, -0.05) is 18.1 Å². The molecule has 3 nitrogen and oxygen atoms in total. The van der Waals surface area contributed by atoms with Crippen LogP contribution in [0.25, 0.3) is 0 Å². The summed E-state index contributed by atoms with van der Waals surface area (Å²) in [6.45, 7) is 5.88. The number of esters is 1. The van der Waals surface area contributed by atoms with Crippen molar-refractivity contribution in [3.63, 3.8) is 0 Å². The minimum atomic E-state index is -0.504. The highest BCUT2D eigenvalue weighted by Crippen LogP contribution is 2.19. The van der Waals surface area contributed by atoms with Crippen LogP contribution in [0.1, 0.15) is 31.1 Å². The highest BCUT2D eigenvalue weighted by Gasteiger charge is 2.19. The summed E-state index contributed by atoms with van der Waals surface area (Å²) in [6, 6.07) is 7.15. The predicted molar refractivity (Wildman–Crippen MR) is 68.9 cm³/mol. The van der Waals surface area contributed by atoms with Crippen molar-refractivity contribution in [3.05, 3.63) is 29.8 Å². The summed E-state index contributed by atoms with van der Waals surface area (Å²) >= 11 is 0. The van der Waals surface area contributed by atoms with E-state index in [1.807, 2.05) is 26.8 Å². The Kier molecular flexibility index (Phi) is 4.17. The molecule has 17 heavy (non-hydrogen) atoms. The third-order valence-corrected chi connectivity index (χ3v) is 1.93. The van der Waals surface area contributed by atoms with Crippen molar-refractivity contribution in [1.82, 2.24) is 0 Å². The average molecular weight is 231 g/mol. The number of carbonyl (C=O) groups excluding carboxylic acids is 1. The molecule has 0 atom stereocenters. The molecule has 0 saturated heterocycles. The molecule has 0 heterocycles. The largest absolute Gasteiger partial charge is 0.456 e. The molecule has 1 aromatic rings. The van der Waals surface area contributed by atoms with Crippen molar-refractivity contribution < 1.29 is 9.53 Å². The van der Waals surface area contributed by atoms with Gasteiger partial charge in [0.2, 0.25) is 0 Å². The van der Waals surface area contributed by atoms with Gasteiger partial charge < -0.3 is 10.1 Å². The Bertz CT molecular complexity index is 438. The minimum absolute atomic E-state index is 0.349. The van der Waals surface area contributed by atoms with Crippen molar-refractivity contribution in [2.45, 2.75) is 26.4 Å². The van der Waals surface area contributed by atoms with Crippen molar-refractivity contribution in [2.75, 3.05) is 11.9 Å². The first-order valence-corrected chi connectivity index (χ1v) is 5.44. The van der Waals surface area contributed by atoms with Gasteiger partial charge in [0.15, 0.2) is 0 Å². The molecule has 0 aliphatic heterocycles. The normalized spacial score (nSPS) is 10.5. The fraction of sp³-hybridized carbons (Fsp3) is 0.357. The number of rotatable bonds is 3. The Balaban J connectivity index is 2.90. The van der Waals surface area contributed by atoms with Gasteiger partial charge >= 0.3 is 5.97 Å². The van der Waals surface area contributed by atoms with Crippen LogP contribution in [0.3, 0.4) is 0 Å². The van der Waals surface area contributed by atoms with Gasteiger partial charge in [-0.05, 0) is 32.9 Å². The highest BCUT2D eigenvalue weighted by molar-refractivity contribution is 5.95. The van der Waals surface area contributed by atoms with Gasteiger partial charge in [0.05, 0.1) is 12.1 Å². The van der Waals surface area contributed by atoms with E-state index in [-0.39, 0.29) is 5.97 Å². The van der Waals surface area contributed by atoms with E-state index in [1.165, 1.54) is 0 Å². The number of hydrogen-bond donors (Lipinski definition) is 1. The van der Waals surface area contributed by atoms with Crippen molar-refractivity contribution >= 4 is 11.7 Å². The maximum absolute atomic E-state index is 11.9. The fourth-order valence-electron chi connectivity index (χ4n) is 1.29. The molecule has 0 bridgehead atoms. The Hall–Kier alpha value is -1.95. The second-order valence-electron chi connectivity index (χ2n) is 4.61. The Labute approximate surface area is 102 Å². The molecule has 1 N–H and O–H groups in total. The molecular weight excluding hydrogens is 214 g/mol. The molecule has 0 unspecified atom stereocenters. The maximum Gasteiger partial charge on any atom is 0.340 e. The lowest BCUT2D eigenvalue weighted by atomic mass is 10.1. The lowest BCUT2D eigenvalue weighted by Gasteiger charge is -2.20. The van der Waals surface area contributed by atoms with Crippen molar-refractivity contribution in [1.29, 1.82) is 0 Å². The van der Waals surface area contributed by atoms with Crippen molar-refractivity contribution in [2.24, 2.45) is 0 Å². The van der Waals surface area contributed by atoms with E-state index < -0.39 is 5.60 Å². The topological polar surface area (TPSA) is 38.3 Å². The van der Waals surface area contributed by atoms with E-state index in [0.29, 0.717) is 17.8 Å². The second-order valence-corrected chi connectivity index (χ2v) is 4.61. The molecule has 0 saturated carbocycles. The number of carbonyl (C=O) groups is 1. The molecule has 90 valence electrons. The summed E-state index contributed by atoms with van der Waals surface area (Å²) in [5.41, 5.74) is 0.688. The first-order valence-electron chi connectivity index (χ1n) is 5.44. The zero-order valence-corrected chi connectivity index (χ0v) is 10.4. The maximum atomic E-state index is 11.9. The molecule has 1 rings (SSSR count). The van der Waals surface area contributed by atoms with Gasteiger partial charge in [-0.3, -0.25) is 0 Å². The van der Waals surface area contributed by atoms with Crippen LogP contribution in [-0.2, 0) is 4.74 Å². The molecule has 0 radical (unpaired) electrons. The summed E-state index contributed by atoms with van der Waals surface area (Å²) in [4.78, 5) is 11.9. The Morgan fingerprint density at radius 2 is 2.06 bits per heavy atom. The smallest absolute Gasteiger partial charge is 0.340 e. The van der Waals surface area contributed by atoms with E-state index >= 15 is 0 Å². The summed E-state index contributed by atoms with van der Waals surface area (Å²) in [6.07, 6.45) is 5.18. The summed E-state index contributed by atoms with van der Waals surface area (Å²) in [7, 11) is 0. The summed E-state index contributed by atoms with van der Waals surface area (Å²) < 4.78 is 5.31. The van der Waals surface area contributed by atoms with Crippen LogP contribution in [0.15, 0.2) is 24.3 Å². The SMILES string of the molecule is C#CCNc1ccccc1C(=O)OC(C)(C)C. The van der Waals surface area contributed by atoms with Gasteiger partial charge in [0.1, 0.15) is 5.60 Å². The first kappa shape index (κ1) is 13.1. The van der Waals surface area contributed by atoms with Gasteiger partial charge in [-0.2, -0.15) is 0 Å². The van der Waals surface area contributed by atoms with Gasteiger partial charge in [-0.25, -0.2) is 4.79 Å². The standard InChI is InChI=1S/C14H17NO2/c1-5-10-15-12-9-7-6-8-11(12)13(16)17-14(2,3)4/h1,6-9,15H,10H2,2-4H3. The van der Waals surface area contributed by atoms with E-state index in [1.54, 1.807) is 18.2 Å². The molecule has 0 fully saturated rings. The molecule has 0 aliphatic carbocycles. The van der Waals surface area contributed by atoms with Gasteiger partial charge in [-0.15, -0.1) is 6.42 Å². The Morgan fingerprint density at radius 1 is 1.41 bits per heavy atom. The third-order valence-electron chi connectivity index (χ3n) is 1.93. The monoisotopic (exact) mass is 231 g/mol. The number of ether oxygens (including phenoxy) is 1. The first-order chi connectivity index (χ1) is 7.94. The van der Waals surface area contributed by atoms with Crippen LogP contribution in [-0.4, -0.2) is 18.1 Å². The molecule has 3 heteroatoms. The zero-order chi connectivity index (χ0) is 12.9. The van der Waals surface area contributed by atoms with Gasteiger partial charge in [0, 0.05) is 5.69 Å². The highest BCUT2D eigenvalue weighted by atomic mass is 16.6. The van der Waals surface area contributed by atoms with Gasteiger partial charge in [0.25, 0.3) is 0 Å². The Morgan fingerprint density at radius 3 is 2.65 bits per heavy atom. The van der Waals surface area contributed by atoms with E-state index in [9.17, 15) is 4.79 Å². The molecular formula is C14H17NO2. The fourth-order valence-corrected chi connectivity index (χ4v) is 1.29. The van der Waals surface area contributed by atoms with Crippen LogP contribution < -0.4 is 5.32 Å². The lowest BCUT2D eigenvalue weighted by molar-refractivity contribution is 0.00707. The van der Waals surface area contributed by atoms with Crippen LogP contribution >= 0.6 is 0 Å². The molecule has 0 aromatic heterocycles. The van der Waals surface area contributed by atoms with E-state index in [2.05, 4.69) is 11.2 Å². The van der Waals surface area contributed by atoms with Crippen LogP contribution in [0.2, 0.25) is 0 Å². The number of anilines is 1. The van der Waals surface area contributed by atoms with E-state index in [4.69, 9.17) is 11.2 Å². The number of benzene rings is 1. The number of hydrogen-bond acceptors (Lipinski definition) is 3. The number of terminal acetylenes is 1. The lowest BCUT2D eigenvalue weighted by Crippen LogP contribution is -2.24. The number of para-hydroxylation sites is 1. The summed E-state index contributed by atoms with van der Waals surface area (Å²) in [5, 5.41) is 2.99. The third kappa shape index (κ3) is 4.20. The van der Waals surface area contributed by atoms with Crippen molar-refractivity contribution in [3.8, 4) is 12.3 Å². The van der Waals surface area contributed by atoms with Crippen LogP contribution in [0.4, 0.5) is 5.69 Å².